The fourth-order valence-corrected chi connectivity index (χ4v) is 2.61. The highest BCUT2D eigenvalue weighted by atomic mass is 35.5. The van der Waals surface area contributed by atoms with Crippen LogP contribution in [-0.2, 0) is 0 Å². The Balaban J connectivity index is 0.000000720. The summed E-state index contributed by atoms with van der Waals surface area (Å²) in [6.07, 6.45) is 2.55. The van der Waals surface area contributed by atoms with Gasteiger partial charge < -0.3 is 5.32 Å². The monoisotopic (exact) mass is 223 g/mol. The van der Waals surface area contributed by atoms with Gasteiger partial charge in [-0.15, -0.1) is 23.7 Å². The Kier molecular flexibility index (Phi) is 3.84. The summed E-state index contributed by atoms with van der Waals surface area (Å²) in [5, 5.41) is 3.44. The maximum atomic E-state index is 5.83. The van der Waals surface area contributed by atoms with Gasteiger partial charge in [-0.1, -0.05) is 11.6 Å². The van der Waals surface area contributed by atoms with Gasteiger partial charge in [0.05, 0.1) is 4.34 Å². The zero-order chi connectivity index (χ0) is 7.68. The summed E-state index contributed by atoms with van der Waals surface area (Å²) in [6.45, 7) is 1.15. The first-order chi connectivity index (χ1) is 5.36. The first-order valence-electron chi connectivity index (χ1n) is 3.85. The second kappa shape index (κ2) is 4.47. The molecule has 1 aromatic heterocycles. The van der Waals surface area contributed by atoms with Crippen LogP contribution in [0.4, 0.5) is 0 Å². The summed E-state index contributed by atoms with van der Waals surface area (Å²) in [4.78, 5) is 1.38. The molecular weight excluding hydrogens is 213 g/mol. The predicted molar refractivity (Wildman–Crippen MR) is 56.6 cm³/mol. The SMILES string of the molecule is Cl.Clc1ccc(C2CCCN2)s1. The molecule has 1 N–H and O–H groups in total. The van der Waals surface area contributed by atoms with E-state index in [-0.39, 0.29) is 12.4 Å². The van der Waals surface area contributed by atoms with Crippen LogP contribution in [0.1, 0.15) is 23.8 Å². The number of hydrogen-bond acceptors (Lipinski definition) is 2. The van der Waals surface area contributed by atoms with Crippen molar-refractivity contribution in [3.05, 3.63) is 21.3 Å². The molecule has 0 aliphatic carbocycles. The normalized spacial score (nSPS) is 22.2. The van der Waals surface area contributed by atoms with Gasteiger partial charge in [-0.05, 0) is 31.5 Å². The summed E-state index contributed by atoms with van der Waals surface area (Å²) in [5.41, 5.74) is 0. The second-order valence-corrected chi connectivity index (χ2v) is 4.54. The van der Waals surface area contributed by atoms with E-state index in [0.717, 1.165) is 10.9 Å². The van der Waals surface area contributed by atoms with E-state index in [0.29, 0.717) is 6.04 Å². The van der Waals surface area contributed by atoms with Crippen LogP contribution in [0.15, 0.2) is 12.1 Å². The van der Waals surface area contributed by atoms with Crippen molar-refractivity contribution >= 4 is 35.3 Å². The third-order valence-electron chi connectivity index (χ3n) is 2.00. The summed E-state index contributed by atoms with van der Waals surface area (Å²) >= 11 is 7.52. The molecule has 0 bridgehead atoms. The van der Waals surface area contributed by atoms with Gasteiger partial charge in [0.15, 0.2) is 0 Å². The minimum absolute atomic E-state index is 0. The molecule has 1 aliphatic heterocycles. The molecule has 1 unspecified atom stereocenters. The topological polar surface area (TPSA) is 12.0 Å². The molecule has 0 aromatic carbocycles. The molecule has 1 aromatic rings. The minimum atomic E-state index is 0. The molecule has 0 radical (unpaired) electrons. The quantitative estimate of drug-likeness (QED) is 0.772. The number of nitrogens with one attached hydrogen (secondary N) is 1. The average Bonchev–Trinajstić information content (AvgIpc) is 2.55. The van der Waals surface area contributed by atoms with Crippen molar-refractivity contribution in [2.75, 3.05) is 6.54 Å². The molecule has 1 nitrogen and oxygen atoms in total. The molecule has 0 amide bonds. The third kappa shape index (κ3) is 2.13. The lowest BCUT2D eigenvalue weighted by Gasteiger charge is -2.05. The maximum Gasteiger partial charge on any atom is 0.0931 e. The van der Waals surface area contributed by atoms with E-state index in [1.807, 2.05) is 6.07 Å². The van der Waals surface area contributed by atoms with E-state index >= 15 is 0 Å². The Labute approximate surface area is 87.5 Å². The highest BCUT2D eigenvalue weighted by Gasteiger charge is 2.17. The molecule has 0 spiro atoms. The van der Waals surface area contributed by atoms with E-state index in [4.69, 9.17) is 11.6 Å². The van der Waals surface area contributed by atoms with Crippen molar-refractivity contribution in [3.63, 3.8) is 0 Å². The van der Waals surface area contributed by atoms with E-state index in [2.05, 4.69) is 11.4 Å². The highest BCUT2D eigenvalue weighted by Crippen LogP contribution is 2.31. The first-order valence-corrected chi connectivity index (χ1v) is 5.04. The Bertz CT molecular complexity index is 243. The Morgan fingerprint density at radius 3 is 2.83 bits per heavy atom. The number of halogens is 2. The lowest BCUT2D eigenvalue weighted by Crippen LogP contribution is -2.11. The van der Waals surface area contributed by atoms with Crippen LogP contribution in [0.25, 0.3) is 0 Å². The molecule has 1 fully saturated rings. The maximum absolute atomic E-state index is 5.83. The lowest BCUT2D eigenvalue weighted by atomic mass is 10.2. The molecule has 68 valence electrons. The standard InChI is InChI=1S/C8H10ClNS.ClH/c9-8-4-3-7(11-8)6-2-1-5-10-6;/h3-4,6,10H,1-2,5H2;1H. The Hall–Kier alpha value is 0.240. The third-order valence-corrected chi connectivity index (χ3v) is 3.34. The lowest BCUT2D eigenvalue weighted by molar-refractivity contribution is 0.660. The van der Waals surface area contributed by atoms with Gasteiger partial charge in [-0.2, -0.15) is 0 Å². The van der Waals surface area contributed by atoms with Crippen molar-refractivity contribution in [1.82, 2.24) is 5.32 Å². The predicted octanol–water partition coefficient (Wildman–Crippen LogP) is 3.25. The molecule has 1 saturated heterocycles. The van der Waals surface area contributed by atoms with Gasteiger partial charge in [0.2, 0.25) is 0 Å². The molecule has 12 heavy (non-hydrogen) atoms. The van der Waals surface area contributed by atoms with Crippen LogP contribution in [0.2, 0.25) is 4.34 Å². The average molecular weight is 224 g/mol. The van der Waals surface area contributed by atoms with Gasteiger partial charge in [0.1, 0.15) is 0 Å². The summed E-state index contributed by atoms with van der Waals surface area (Å²) < 4.78 is 0.897. The van der Waals surface area contributed by atoms with Gasteiger partial charge in [-0.3, -0.25) is 0 Å². The van der Waals surface area contributed by atoms with E-state index in [9.17, 15) is 0 Å². The smallest absolute Gasteiger partial charge is 0.0931 e. The van der Waals surface area contributed by atoms with E-state index in [1.54, 1.807) is 11.3 Å². The Morgan fingerprint density at radius 2 is 2.33 bits per heavy atom. The molecule has 1 atom stereocenters. The number of hydrogen-bond donors (Lipinski definition) is 1. The van der Waals surface area contributed by atoms with Crippen molar-refractivity contribution in [2.45, 2.75) is 18.9 Å². The van der Waals surface area contributed by atoms with Crippen LogP contribution in [0.3, 0.4) is 0 Å². The first kappa shape index (κ1) is 10.3. The zero-order valence-electron chi connectivity index (χ0n) is 6.55. The van der Waals surface area contributed by atoms with Gasteiger partial charge in [0, 0.05) is 10.9 Å². The van der Waals surface area contributed by atoms with Crippen molar-refractivity contribution in [1.29, 1.82) is 0 Å². The van der Waals surface area contributed by atoms with Crippen molar-refractivity contribution in [3.8, 4) is 0 Å². The van der Waals surface area contributed by atoms with Crippen LogP contribution >= 0.6 is 35.3 Å². The number of rotatable bonds is 1. The zero-order valence-corrected chi connectivity index (χ0v) is 8.94. The summed E-state index contributed by atoms with van der Waals surface area (Å²) in [5.74, 6) is 0. The van der Waals surface area contributed by atoms with Crippen molar-refractivity contribution in [2.24, 2.45) is 0 Å². The summed E-state index contributed by atoms with van der Waals surface area (Å²) in [7, 11) is 0. The van der Waals surface area contributed by atoms with Crippen LogP contribution in [0.5, 0.6) is 0 Å². The van der Waals surface area contributed by atoms with E-state index in [1.165, 1.54) is 17.7 Å². The molecule has 1 aliphatic rings. The fraction of sp³-hybridized carbons (Fsp3) is 0.500. The molecule has 2 heterocycles. The minimum Gasteiger partial charge on any atom is -0.309 e. The van der Waals surface area contributed by atoms with Crippen molar-refractivity contribution < 1.29 is 0 Å². The second-order valence-electron chi connectivity index (χ2n) is 2.79. The fourth-order valence-electron chi connectivity index (χ4n) is 1.44. The molecule has 2 rings (SSSR count). The van der Waals surface area contributed by atoms with Crippen LogP contribution < -0.4 is 5.32 Å². The highest BCUT2D eigenvalue weighted by molar-refractivity contribution is 7.16. The number of thiophene rings is 1. The van der Waals surface area contributed by atoms with Crippen LogP contribution in [-0.4, -0.2) is 6.54 Å². The molecule has 0 saturated carbocycles. The van der Waals surface area contributed by atoms with Crippen LogP contribution in [0, 0.1) is 0 Å². The van der Waals surface area contributed by atoms with Gasteiger partial charge >= 0.3 is 0 Å². The molecule has 4 heteroatoms. The van der Waals surface area contributed by atoms with Gasteiger partial charge in [-0.25, -0.2) is 0 Å². The van der Waals surface area contributed by atoms with Gasteiger partial charge in [0.25, 0.3) is 0 Å². The largest absolute Gasteiger partial charge is 0.309 e. The summed E-state index contributed by atoms with van der Waals surface area (Å²) in [6, 6.07) is 4.67. The van der Waals surface area contributed by atoms with E-state index < -0.39 is 0 Å². The Morgan fingerprint density at radius 1 is 1.50 bits per heavy atom. The molecular formula is C8H11Cl2NS.